The zero-order valence-corrected chi connectivity index (χ0v) is 12.2. The third-order valence-electron chi connectivity index (χ3n) is 1.69. The van der Waals surface area contributed by atoms with E-state index >= 15 is 0 Å². The van der Waals surface area contributed by atoms with Crippen molar-refractivity contribution in [2.24, 2.45) is 7.05 Å². The number of aromatic nitrogens is 1. The van der Waals surface area contributed by atoms with Crippen LogP contribution in [0.5, 0.6) is 0 Å². The van der Waals surface area contributed by atoms with Gasteiger partial charge in [-0.2, -0.15) is 4.57 Å². The fraction of sp³-hybridized carbons (Fsp3) is 0.273. The second-order valence-electron chi connectivity index (χ2n) is 2.82. The molecule has 0 unspecified atom stereocenters. The standard InChI is InChI=1S/C11H14NO2S.HI/c1-3-14-11(13)7-9-15-10-6-4-5-8-12(10)2;/h4-9H,3H2,1-2H3;1H/q+1;/p-1/b9-7+;. The Balaban J connectivity index is 0.00000225. The third-order valence-corrected chi connectivity index (χ3v) is 2.62. The number of aryl methyl sites for hydroxylation is 1. The Kier molecular flexibility index (Phi) is 8.28. The van der Waals surface area contributed by atoms with Crippen LogP contribution in [0.2, 0.25) is 0 Å². The number of carbonyl (C=O) groups excluding carboxylic acids is 1. The van der Waals surface area contributed by atoms with Crippen LogP contribution < -0.4 is 28.5 Å². The number of halogens is 1. The Morgan fingerprint density at radius 1 is 1.56 bits per heavy atom. The lowest BCUT2D eigenvalue weighted by Gasteiger charge is -1.95. The van der Waals surface area contributed by atoms with Crippen molar-refractivity contribution in [3.8, 4) is 0 Å². The van der Waals surface area contributed by atoms with Gasteiger partial charge in [0.05, 0.1) is 6.61 Å². The van der Waals surface area contributed by atoms with Crippen molar-refractivity contribution in [1.82, 2.24) is 0 Å². The highest BCUT2D eigenvalue weighted by atomic mass is 127. The minimum atomic E-state index is -0.302. The fourth-order valence-electron chi connectivity index (χ4n) is 0.980. The molecule has 0 amide bonds. The lowest BCUT2D eigenvalue weighted by Crippen LogP contribution is -3.00. The van der Waals surface area contributed by atoms with E-state index in [-0.39, 0.29) is 29.9 Å². The maximum atomic E-state index is 11.0. The van der Waals surface area contributed by atoms with Gasteiger partial charge < -0.3 is 28.7 Å². The van der Waals surface area contributed by atoms with Crippen molar-refractivity contribution in [2.75, 3.05) is 6.61 Å². The van der Waals surface area contributed by atoms with Crippen molar-refractivity contribution in [2.45, 2.75) is 11.9 Å². The van der Waals surface area contributed by atoms with Crippen LogP contribution in [-0.4, -0.2) is 12.6 Å². The quantitative estimate of drug-likeness (QED) is 0.222. The molecule has 0 bridgehead atoms. The van der Waals surface area contributed by atoms with Crippen LogP contribution in [0.1, 0.15) is 6.92 Å². The van der Waals surface area contributed by atoms with Gasteiger partial charge in [-0.3, -0.25) is 0 Å². The summed E-state index contributed by atoms with van der Waals surface area (Å²) >= 11 is 1.48. The molecule has 1 aromatic rings. The summed E-state index contributed by atoms with van der Waals surface area (Å²) in [5.74, 6) is -0.302. The number of ether oxygens (including phenoxy) is 1. The summed E-state index contributed by atoms with van der Waals surface area (Å²) < 4.78 is 6.75. The highest BCUT2D eigenvalue weighted by Gasteiger charge is 2.02. The van der Waals surface area contributed by atoms with Gasteiger partial charge in [0.25, 0.3) is 0 Å². The maximum absolute atomic E-state index is 11.0. The monoisotopic (exact) mass is 351 g/mol. The van der Waals surface area contributed by atoms with Gasteiger partial charge in [-0.25, -0.2) is 4.79 Å². The van der Waals surface area contributed by atoms with E-state index in [4.69, 9.17) is 4.74 Å². The lowest BCUT2D eigenvalue weighted by atomic mass is 10.5. The lowest BCUT2D eigenvalue weighted by molar-refractivity contribution is -0.708. The zero-order chi connectivity index (χ0) is 11.1. The number of rotatable bonds is 4. The van der Waals surface area contributed by atoms with Crippen LogP contribution in [0.15, 0.2) is 40.9 Å². The van der Waals surface area contributed by atoms with E-state index < -0.39 is 0 Å². The first-order chi connectivity index (χ1) is 7.24. The molecule has 0 aromatic carbocycles. The van der Waals surface area contributed by atoms with E-state index in [2.05, 4.69) is 0 Å². The summed E-state index contributed by atoms with van der Waals surface area (Å²) in [6, 6.07) is 5.90. The number of hydrogen-bond acceptors (Lipinski definition) is 3. The van der Waals surface area contributed by atoms with E-state index in [0.29, 0.717) is 6.61 Å². The zero-order valence-electron chi connectivity index (χ0n) is 9.22. The Labute approximate surface area is 117 Å². The largest absolute Gasteiger partial charge is 1.00 e. The highest BCUT2D eigenvalue weighted by molar-refractivity contribution is 8.02. The predicted octanol–water partition coefficient (Wildman–Crippen LogP) is -1.32. The molecule has 3 nitrogen and oxygen atoms in total. The molecule has 0 saturated heterocycles. The summed E-state index contributed by atoms with van der Waals surface area (Å²) in [4.78, 5) is 11.0. The molecule has 16 heavy (non-hydrogen) atoms. The molecule has 0 fully saturated rings. The number of hydrogen-bond donors (Lipinski definition) is 0. The molecule has 5 heteroatoms. The number of nitrogens with zero attached hydrogens (tertiary/aromatic N) is 1. The third kappa shape index (κ3) is 5.50. The summed E-state index contributed by atoms with van der Waals surface area (Å²) in [7, 11) is 1.96. The Hall–Kier alpha value is -0.560. The van der Waals surface area contributed by atoms with E-state index in [9.17, 15) is 4.79 Å². The van der Waals surface area contributed by atoms with Crippen LogP contribution in [-0.2, 0) is 16.6 Å². The average Bonchev–Trinajstić information content (AvgIpc) is 2.21. The first-order valence-corrected chi connectivity index (χ1v) is 5.56. The van der Waals surface area contributed by atoms with Crippen molar-refractivity contribution >= 4 is 17.7 Å². The topological polar surface area (TPSA) is 30.2 Å². The molecular weight excluding hydrogens is 337 g/mol. The van der Waals surface area contributed by atoms with Crippen molar-refractivity contribution in [3.05, 3.63) is 35.9 Å². The van der Waals surface area contributed by atoms with Crippen LogP contribution in [0.4, 0.5) is 0 Å². The van der Waals surface area contributed by atoms with Crippen LogP contribution in [0, 0.1) is 0 Å². The van der Waals surface area contributed by atoms with E-state index in [1.54, 1.807) is 12.3 Å². The van der Waals surface area contributed by atoms with Gasteiger partial charge in [-0.1, -0.05) is 0 Å². The molecule has 0 atom stereocenters. The molecule has 1 rings (SSSR count). The Morgan fingerprint density at radius 3 is 2.94 bits per heavy atom. The van der Waals surface area contributed by atoms with E-state index in [1.807, 2.05) is 36.0 Å². The molecule has 0 radical (unpaired) electrons. The van der Waals surface area contributed by atoms with Gasteiger partial charge in [-0.15, -0.1) is 0 Å². The summed E-state index contributed by atoms with van der Waals surface area (Å²) in [5.41, 5.74) is 0. The van der Waals surface area contributed by atoms with E-state index in [1.165, 1.54) is 17.8 Å². The second-order valence-corrected chi connectivity index (χ2v) is 3.75. The molecule has 88 valence electrons. The normalized spacial score (nSPS) is 9.88. The number of pyridine rings is 1. The first kappa shape index (κ1) is 15.4. The molecule has 1 aromatic heterocycles. The van der Waals surface area contributed by atoms with Crippen molar-refractivity contribution < 1.29 is 38.1 Å². The molecule has 0 aliphatic heterocycles. The Morgan fingerprint density at radius 2 is 2.31 bits per heavy atom. The molecule has 0 aliphatic rings. The first-order valence-electron chi connectivity index (χ1n) is 4.68. The number of thioether (sulfide) groups is 1. The van der Waals surface area contributed by atoms with Crippen molar-refractivity contribution in [3.63, 3.8) is 0 Å². The molecular formula is C11H14INO2S. The number of carbonyl (C=O) groups is 1. The highest BCUT2D eigenvalue weighted by Crippen LogP contribution is 2.13. The van der Waals surface area contributed by atoms with Gasteiger partial charge in [0, 0.05) is 18.2 Å². The molecule has 0 saturated carbocycles. The summed E-state index contributed by atoms with van der Waals surface area (Å²) in [5, 5.41) is 2.80. The number of esters is 1. The predicted molar refractivity (Wildman–Crippen MR) is 59.2 cm³/mol. The minimum Gasteiger partial charge on any atom is -1.00 e. The molecule has 1 heterocycles. The summed E-state index contributed by atoms with van der Waals surface area (Å²) in [6.45, 7) is 2.20. The second kappa shape index (κ2) is 8.58. The van der Waals surface area contributed by atoms with Crippen LogP contribution in [0.3, 0.4) is 0 Å². The SMILES string of the molecule is CCOC(=O)/C=C/Sc1cccc[n+]1C.[I-]. The van der Waals surface area contributed by atoms with Crippen LogP contribution in [0.25, 0.3) is 0 Å². The minimum absolute atomic E-state index is 0. The van der Waals surface area contributed by atoms with Gasteiger partial charge in [0.2, 0.25) is 5.03 Å². The maximum Gasteiger partial charge on any atom is 0.331 e. The van der Waals surface area contributed by atoms with Crippen molar-refractivity contribution in [1.29, 1.82) is 0 Å². The molecule has 0 spiro atoms. The fourth-order valence-corrected chi connectivity index (χ4v) is 1.68. The molecule has 0 N–H and O–H groups in total. The van der Waals surface area contributed by atoms with Gasteiger partial charge in [-0.05, 0) is 30.2 Å². The van der Waals surface area contributed by atoms with Gasteiger partial charge in [0.1, 0.15) is 7.05 Å². The summed E-state index contributed by atoms with van der Waals surface area (Å²) in [6.07, 6.45) is 3.39. The smallest absolute Gasteiger partial charge is 0.331 e. The molecule has 0 aliphatic carbocycles. The van der Waals surface area contributed by atoms with Crippen LogP contribution >= 0.6 is 11.8 Å². The van der Waals surface area contributed by atoms with Gasteiger partial charge >= 0.3 is 5.97 Å². The van der Waals surface area contributed by atoms with E-state index in [0.717, 1.165) is 5.03 Å². The average molecular weight is 351 g/mol. The van der Waals surface area contributed by atoms with Gasteiger partial charge in [0.15, 0.2) is 6.20 Å². The Bertz CT molecular complexity index is 369.